The Labute approximate surface area is 129 Å². The number of hydrogen-bond acceptors (Lipinski definition) is 3. The van der Waals surface area contributed by atoms with Gasteiger partial charge < -0.3 is 10.6 Å². The standard InChI is InChI=1S/C15H17N3O2.ClH/c1-10(2)20-18-15(16)17-14(19)13-9-5-7-11-6-3-4-8-12(11)13;/h3-10H,1-2H3,(H3,16,17,18,19);1H. The van der Waals surface area contributed by atoms with Gasteiger partial charge in [-0.25, -0.2) is 0 Å². The summed E-state index contributed by atoms with van der Waals surface area (Å²) in [5.74, 6) is -0.368. The zero-order chi connectivity index (χ0) is 14.5. The van der Waals surface area contributed by atoms with Gasteiger partial charge in [0.2, 0.25) is 5.96 Å². The number of benzene rings is 2. The number of hydrogen-bond donors (Lipinski definition) is 2. The van der Waals surface area contributed by atoms with Crippen LogP contribution in [0.15, 0.2) is 47.6 Å². The third kappa shape index (κ3) is 4.36. The van der Waals surface area contributed by atoms with Crippen molar-refractivity contribution in [3.8, 4) is 0 Å². The fourth-order valence-corrected chi connectivity index (χ4v) is 1.79. The Hall–Kier alpha value is -2.27. The van der Waals surface area contributed by atoms with Gasteiger partial charge in [0, 0.05) is 5.56 Å². The third-order valence-electron chi connectivity index (χ3n) is 2.64. The number of halogens is 1. The summed E-state index contributed by atoms with van der Waals surface area (Å²) in [6.07, 6.45) is -0.0944. The monoisotopic (exact) mass is 307 g/mol. The van der Waals surface area contributed by atoms with Gasteiger partial charge in [-0.05, 0) is 35.8 Å². The molecule has 0 saturated heterocycles. The van der Waals surface area contributed by atoms with Gasteiger partial charge in [0.25, 0.3) is 5.91 Å². The molecule has 0 unspecified atom stereocenters. The van der Waals surface area contributed by atoms with Crippen LogP contribution in [-0.4, -0.2) is 18.0 Å². The van der Waals surface area contributed by atoms with Gasteiger partial charge in [-0.1, -0.05) is 36.4 Å². The Morgan fingerprint density at radius 1 is 1.19 bits per heavy atom. The fourth-order valence-electron chi connectivity index (χ4n) is 1.79. The van der Waals surface area contributed by atoms with Gasteiger partial charge >= 0.3 is 0 Å². The summed E-state index contributed by atoms with van der Waals surface area (Å²) in [4.78, 5) is 17.2. The number of fused-ring (bicyclic) bond motifs is 1. The molecule has 2 aromatic rings. The fraction of sp³-hybridized carbons (Fsp3) is 0.200. The number of nitrogens with zero attached hydrogens (tertiary/aromatic N) is 1. The highest BCUT2D eigenvalue weighted by molar-refractivity contribution is 6.12. The minimum absolute atomic E-state index is 0. The van der Waals surface area contributed by atoms with E-state index < -0.39 is 0 Å². The Kier molecular flexibility index (Phi) is 5.99. The lowest BCUT2D eigenvalue weighted by molar-refractivity contribution is 0.0830. The van der Waals surface area contributed by atoms with E-state index in [-0.39, 0.29) is 30.4 Å². The predicted molar refractivity (Wildman–Crippen MR) is 86.5 cm³/mol. The van der Waals surface area contributed by atoms with Crippen molar-refractivity contribution in [3.63, 3.8) is 0 Å². The van der Waals surface area contributed by atoms with Crippen LogP contribution in [0.5, 0.6) is 0 Å². The molecular weight excluding hydrogens is 290 g/mol. The highest BCUT2D eigenvalue weighted by Crippen LogP contribution is 2.18. The smallest absolute Gasteiger partial charge is 0.258 e. The van der Waals surface area contributed by atoms with Crippen LogP contribution >= 0.6 is 12.4 Å². The zero-order valence-electron chi connectivity index (χ0n) is 11.9. The van der Waals surface area contributed by atoms with E-state index in [1.165, 1.54) is 0 Å². The van der Waals surface area contributed by atoms with Crippen molar-refractivity contribution in [2.24, 2.45) is 10.9 Å². The average Bonchev–Trinajstić information content (AvgIpc) is 2.44. The lowest BCUT2D eigenvalue weighted by Gasteiger charge is -2.08. The minimum Gasteiger partial charge on any atom is -0.390 e. The second-order valence-electron chi connectivity index (χ2n) is 4.61. The van der Waals surface area contributed by atoms with E-state index in [2.05, 4.69) is 10.5 Å². The molecule has 1 amide bonds. The zero-order valence-corrected chi connectivity index (χ0v) is 12.7. The van der Waals surface area contributed by atoms with Crippen molar-refractivity contribution in [3.05, 3.63) is 48.0 Å². The number of guanidine groups is 1. The molecule has 0 heterocycles. The molecule has 0 aliphatic carbocycles. The highest BCUT2D eigenvalue weighted by atomic mass is 35.5. The van der Waals surface area contributed by atoms with Crippen molar-refractivity contribution >= 4 is 35.0 Å². The maximum absolute atomic E-state index is 12.2. The predicted octanol–water partition coefficient (Wildman–Crippen LogP) is 2.65. The maximum atomic E-state index is 12.2. The molecule has 3 N–H and O–H groups in total. The summed E-state index contributed by atoms with van der Waals surface area (Å²) in [7, 11) is 0. The summed E-state index contributed by atoms with van der Waals surface area (Å²) < 4.78 is 0. The summed E-state index contributed by atoms with van der Waals surface area (Å²) in [6, 6.07) is 13.2. The Morgan fingerprint density at radius 2 is 1.86 bits per heavy atom. The summed E-state index contributed by atoms with van der Waals surface area (Å²) in [5.41, 5.74) is 6.14. The quantitative estimate of drug-likeness (QED) is 0.520. The van der Waals surface area contributed by atoms with Crippen LogP contribution in [-0.2, 0) is 4.84 Å². The van der Waals surface area contributed by atoms with E-state index in [1.54, 1.807) is 6.07 Å². The molecule has 0 saturated carbocycles. The topological polar surface area (TPSA) is 76.7 Å². The molecule has 6 heteroatoms. The summed E-state index contributed by atoms with van der Waals surface area (Å²) in [6.45, 7) is 3.65. The lowest BCUT2D eigenvalue weighted by Crippen LogP contribution is -2.37. The highest BCUT2D eigenvalue weighted by Gasteiger charge is 2.10. The first-order valence-electron chi connectivity index (χ1n) is 6.36. The third-order valence-corrected chi connectivity index (χ3v) is 2.64. The summed E-state index contributed by atoms with van der Waals surface area (Å²) in [5, 5.41) is 8.00. The van der Waals surface area contributed by atoms with E-state index in [1.807, 2.05) is 50.2 Å². The van der Waals surface area contributed by atoms with Crippen LogP contribution in [0, 0.1) is 0 Å². The number of carbonyl (C=O) groups excluding carboxylic acids is 1. The van der Waals surface area contributed by atoms with E-state index >= 15 is 0 Å². The van der Waals surface area contributed by atoms with E-state index in [9.17, 15) is 4.79 Å². The molecule has 5 nitrogen and oxygen atoms in total. The molecule has 0 bridgehead atoms. The Morgan fingerprint density at radius 3 is 2.57 bits per heavy atom. The first kappa shape index (κ1) is 16.8. The number of carbonyl (C=O) groups is 1. The molecule has 2 rings (SSSR count). The Bertz CT molecular complexity index is 651. The number of nitrogens with two attached hydrogens (primary N) is 1. The van der Waals surface area contributed by atoms with Crippen molar-refractivity contribution in [1.82, 2.24) is 5.32 Å². The molecule has 0 aliphatic heterocycles. The van der Waals surface area contributed by atoms with Gasteiger partial charge in [-0.15, -0.1) is 12.4 Å². The second kappa shape index (κ2) is 7.50. The number of nitrogens with one attached hydrogen (secondary N) is 1. The van der Waals surface area contributed by atoms with E-state index in [0.29, 0.717) is 5.56 Å². The van der Waals surface area contributed by atoms with E-state index in [4.69, 9.17) is 10.6 Å². The molecule has 112 valence electrons. The van der Waals surface area contributed by atoms with E-state index in [0.717, 1.165) is 10.8 Å². The van der Waals surface area contributed by atoms with Crippen LogP contribution in [0.25, 0.3) is 10.8 Å². The maximum Gasteiger partial charge on any atom is 0.258 e. The van der Waals surface area contributed by atoms with Gasteiger partial charge in [0.05, 0.1) is 0 Å². The van der Waals surface area contributed by atoms with Crippen molar-refractivity contribution in [1.29, 1.82) is 0 Å². The lowest BCUT2D eigenvalue weighted by atomic mass is 10.0. The summed E-state index contributed by atoms with van der Waals surface area (Å²) >= 11 is 0. The normalized spacial score (nSPS) is 11.1. The van der Waals surface area contributed by atoms with Gasteiger partial charge in [-0.2, -0.15) is 0 Å². The first-order chi connectivity index (χ1) is 9.58. The molecule has 0 aliphatic rings. The first-order valence-corrected chi connectivity index (χ1v) is 6.36. The minimum atomic E-state index is -0.310. The number of oxime groups is 1. The molecule has 0 atom stereocenters. The number of rotatable bonds is 3. The number of amides is 1. The molecule has 21 heavy (non-hydrogen) atoms. The second-order valence-corrected chi connectivity index (χ2v) is 4.61. The SMILES string of the molecule is CC(C)ON=C(N)NC(=O)c1cccc2ccccc12.Cl. The van der Waals surface area contributed by atoms with Gasteiger partial charge in [-0.3, -0.25) is 10.1 Å². The molecule has 0 fully saturated rings. The van der Waals surface area contributed by atoms with Crippen LogP contribution in [0.3, 0.4) is 0 Å². The molecule has 0 spiro atoms. The van der Waals surface area contributed by atoms with Crippen molar-refractivity contribution in [2.75, 3.05) is 0 Å². The average molecular weight is 308 g/mol. The largest absolute Gasteiger partial charge is 0.390 e. The molecule has 2 aromatic carbocycles. The van der Waals surface area contributed by atoms with Crippen LogP contribution in [0.4, 0.5) is 0 Å². The Balaban J connectivity index is 0.00000220. The van der Waals surface area contributed by atoms with Crippen molar-refractivity contribution < 1.29 is 9.63 Å². The van der Waals surface area contributed by atoms with Crippen molar-refractivity contribution in [2.45, 2.75) is 20.0 Å². The van der Waals surface area contributed by atoms with Gasteiger partial charge in [0.15, 0.2) is 0 Å². The van der Waals surface area contributed by atoms with Crippen LogP contribution in [0.2, 0.25) is 0 Å². The van der Waals surface area contributed by atoms with Crippen LogP contribution < -0.4 is 11.1 Å². The molecular formula is C15H18ClN3O2. The molecule has 0 radical (unpaired) electrons. The molecule has 0 aromatic heterocycles. The van der Waals surface area contributed by atoms with Gasteiger partial charge in [0.1, 0.15) is 6.10 Å². The van der Waals surface area contributed by atoms with Crippen LogP contribution in [0.1, 0.15) is 24.2 Å².